The molecule has 9 nitrogen and oxygen atoms in total. The molecule has 2 aromatic rings. The number of oxazole rings is 1. The van der Waals surface area contributed by atoms with Gasteiger partial charge >= 0.3 is 11.7 Å². The first-order valence-corrected chi connectivity index (χ1v) is 11.9. The third kappa shape index (κ3) is 5.29. The van der Waals surface area contributed by atoms with Gasteiger partial charge in [0, 0.05) is 19.1 Å². The molecule has 1 saturated heterocycles. The van der Waals surface area contributed by atoms with Gasteiger partial charge < -0.3 is 14.1 Å². The number of ether oxygens (including phenoxy) is 1. The van der Waals surface area contributed by atoms with Gasteiger partial charge in [0.15, 0.2) is 22.0 Å². The van der Waals surface area contributed by atoms with E-state index in [2.05, 4.69) is 0 Å². The van der Waals surface area contributed by atoms with E-state index < -0.39 is 34.1 Å². The van der Waals surface area contributed by atoms with Crippen molar-refractivity contribution in [2.45, 2.75) is 45.2 Å². The monoisotopic (exact) mass is 438 g/mol. The van der Waals surface area contributed by atoms with Crippen molar-refractivity contribution in [3.05, 3.63) is 34.8 Å². The minimum absolute atomic E-state index is 0.0487. The number of sulfone groups is 1. The van der Waals surface area contributed by atoms with E-state index in [0.29, 0.717) is 24.1 Å². The highest BCUT2D eigenvalue weighted by Gasteiger charge is 2.34. The molecular formula is C20H26N2O7S. The number of esters is 1. The average molecular weight is 439 g/mol. The zero-order valence-corrected chi connectivity index (χ0v) is 17.7. The average Bonchev–Trinajstić information content (AvgIpc) is 3.23. The van der Waals surface area contributed by atoms with E-state index in [1.165, 1.54) is 9.47 Å². The van der Waals surface area contributed by atoms with Gasteiger partial charge in [-0.05, 0) is 25.0 Å². The van der Waals surface area contributed by atoms with Crippen molar-refractivity contribution in [3.8, 4) is 0 Å². The number of rotatable bonds is 9. The molecule has 1 fully saturated rings. The summed E-state index contributed by atoms with van der Waals surface area (Å²) in [5.41, 5.74) is 1.02. The maximum Gasteiger partial charge on any atom is 0.419 e. The number of amides is 1. The highest BCUT2D eigenvalue weighted by molar-refractivity contribution is 7.91. The van der Waals surface area contributed by atoms with Crippen LogP contribution in [0.25, 0.3) is 11.1 Å². The Morgan fingerprint density at radius 3 is 2.77 bits per heavy atom. The number of aromatic nitrogens is 1. The summed E-state index contributed by atoms with van der Waals surface area (Å²) in [7, 11) is -3.13. The number of carbonyl (C=O) groups excluding carboxylic acids is 2. The van der Waals surface area contributed by atoms with Crippen molar-refractivity contribution in [2.75, 3.05) is 24.7 Å². The standard InChI is InChI=1S/C20H26N2O7S/c1-2-3-10-21(15-9-12-30(26,27)14-15)18(23)13-28-19(24)8-11-22-16-6-4-5-7-17(16)29-20(22)25/h4-7,15H,2-3,8-14H2,1H3. The highest BCUT2D eigenvalue weighted by atomic mass is 32.2. The van der Waals surface area contributed by atoms with Crippen molar-refractivity contribution >= 4 is 32.8 Å². The Bertz CT molecular complexity index is 1070. The number of hydrogen-bond acceptors (Lipinski definition) is 7. The molecule has 164 valence electrons. The number of unbranched alkanes of at least 4 members (excludes halogenated alkanes) is 1. The number of para-hydroxylation sites is 2. The molecule has 1 aliphatic rings. The van der Waals surface area contributed by atoms with Crippen LogP contribution in [0.3, 0.4) is 0 Å². The maximum atomic E-state index is 12.6. The minimum atomic E-state index is -3.13. The molecule has 0 radical (unpaired) electrons. The molecule has 2 heterocycles. The zero-order valence-electron chi connectivity index (χ0n) is 16.9. The van der Waals surface area contributed by atoms with Gasteiger partial charge in [0.05, 0.1) is 23.4 Å². The van der Waals surface area contributed by atoms with Crippen LogP contribution in [0, 0.1) is 0 Å². The summed E-state index contributed by atoms with van der Waals surface area (Å²) in [6.07, 6.45) is 1.91. The predicted octanol–water partition coefficient (Wildman–Crippen LogP) is 1.34. The molecule has 0 N–H and O–H groups in total. The Labute approximate surface area is 174 Å². The SMILES string of the molecule is CCCCN(C(=O)COC(=O)CCn1c(=O)oc2ccccc21)C1CCS(=O)(=O)C1. The van der Waals surface area contributed by atoms with Crippen LogP contribution in [0.2, 0.25) is 0 Å². The molecule has 10 heteroatoms. The molecule has 1 amide bonds. The molecule has 1 aliphatic heterocycles. The van der Waals surface area contributed by atoms with Gasteiger partial charge in [-0.3, -0.25) is 14.2 Å². The third-order valence-corrected chi connectivity index (χ3v) is 6.94. The van der Waals surface area contributed by atoms with Gasteiger partial charge in [0.1, 0.15) is 0 Å². The molecule has 3 rings (SSSR count). The Hall–Kier alpha value is -2.62. The predicted molar refractivity (Wildman–Crippen MR) is 110 cm³/mol. The number of hydrogen-bond donors (Lipinski definition) is 0. The first-order valence-electron chi connectivity index (χ1n) is 10.0. The largest absolute Gasteiger partial charge is 0.456 e. The number of carbonyl (C=O) groups is 2. The number of aryl methyl sites for hydroxylation is 1. The van der Waals surface area contributed by atoms with Gasteiger partial charge in [0.25, 0.3) is 5.91 Å². The van der Waals surface area contributed by atoms with E-state index in [0.717, 1.165) is 12.8 Å². The summed E-state index contributed by atoms with van der Waals surface area (Å²) in [5, 5.41) is 0. The van der Waals surface area contributed by atoms with Crippen molar-refractivity contribution in [2.24, 2.45) is 0 Å². The van der Waals surface area contributed by atoms with E-state index in [1.807, 2.05) is 6.92 Å². The van der Waals surface area contributed by atoms with Gasteiger partial charge in [-0.2, -0.15) is 0 Å². The first kappa shape index (κ1) is 22.1. The summed E-state index contributed by atoms with van der Waals surface area (Å²) >= 11 is 0. The van der Waals surface area contributed by atoms with E-state index >= 15 is 0 Å². The number of nitrogens with zero attached hydrogens (tertiary/aromatic N) is 2. The Kier molecular flexibility index (Phi) is 6.96. The van der Waals surface area contributed by atoms with E-state index in [9.17, 15) is 22.8 Å². The van der Waals surface area contributed by atoms with Crippen molar-refractivity contribution in [1.82, 2.24) is 9.47 Å². The van der Waals surface area contributed by atoms with Crippen LogP contribution in [0.4, 0.5) is 0 Å². The van der Waals surface area contributed by atoms with Crippen LogP contribution in [0.5, 0.6) is 0 Å². The molecule has 0 bridgehead atoms. The minimum Gasteiger partial charge on any atom is -0.456 e. The molecule has 0 spiro atoms. The smallest absolute Gasteiger partial charge is 0.419 e. The zero-order chi connectivity index (χ0) is 21.7. The van der Waals surface area contributed by atoms with Crippen LogP contribution in [0.1, 0.15) is 32.6 Å². The summed E-state index contributed by atoms with van der Waals surface area (Å²) in [4.78, 5) is 38.2. The molecule has 30 heavy (non-hydrogen) atoms. The second kappa shape index (κ2) is 9.46. The fourth-order valence-corrected chi connectivity index (χ4v) is 5.32. The molecule has 1 unspecified atom stereocenters. The lowest BCUT2D eigenvalue weighted by Crippen LogP contribution is -2.43. The van der Waals surface area contributed by atoms with Gasteiger partial charge in [-0.1, -0.05) is 25.5 Å². The van der Waals surface area contributed by atoms with E-state index in [1.54, 1.807) is 24.3 Å². The van der Waals surface area contributed by atoms with E-state index in [-0.39, 0.29) is 30.5 Å². The first-order chi connectivity index (χ1) is 14.3. The molecule has 1 aromatic carbocycles. The highest BCUT2D eigenvalue weighted by Crippen LogP contribution is 2.19. The van der Waals surface area contributed by atoms with Gasteiger partial charge in [0.2, 0.25) is 0 Å². The van der Waals surface area contributed by atoms with Crippen LogP contribution < -0.4 is 5.76 Å². The topological polar surface area (TPSA) is 116 Å². The quantitative estimate of drug-likeness (QED) is 0.543. The summed E-state index contributed by atoms with van der Waals surface area (Å²) < 4.78 is 35.1. The normalized spacial score (nSPS) is 17.8. The van der Waals surface area contributed by atoms with Gasteiger partial charge in [-0.15, -0.1) is 0 Å². The second-order valence-corrected chi connectivity index (χ2v) is 9.62. The van der Waals surface area contributed by atoms with Gasteiger partial charge in [-0.25, -0.2) is 13.2 Å². The summed E-state index contributed by atoms with van der Waals surface area (Å²) in [6.45, 7) is 2.04. The Morgan fingerprint density at radius 1 is 1.30 bits per heavy atom. The summed E-state index contributed by atoms with van der Waals surface area (Å²) in [5.74, 6) is -1.55. The molecule has 1 atom stereocenters. The summed E-state index contributed by atoms with van der Waals surface area (Å²) in [6, 6.07) is 6.52. The molecule has 0 aliphatic carbocycles. The molecule has 1 aromatic heterocycles. The fraction of sp³-hybridized carbons (Fsp3) is 0.550. The number of fused-ring (bicyclic) bond motifs is 1. The maximum absolute atomic E-state index is 12.6. The van der Waals surface area contributed by atoms with Crippen LogP contribution in [0.15, 0.2) is 33.5 Å². The lowest BCUT2D eigenvalue weighted by atomic mass is 10.2. The lowest BCUT2D eigenvalue weighted by molar-refractivity contribution is -0.153. The van der Waals surface area contributed by atoms with Crippen molar-refractivity contribution < 1.29 is 27.2 Å². The Balaban J connectivity index is 1.55. The molecular weight excluding hydrogens is 412 g/mol. The Morgan fingerprint density at radius 2 is 2.07 bits per heavy atom. The number of benzene rings is 1. The molecule has 0 saturated carbocycles. The van der Waals surface area contributed by atoms with Crippen molar-refractivity contribution in [1.29, 1.82) is 0 Å². The fourth-order valence-electron chi connectivity index (χ4n) is 3.59. The second-order valence-electron chi connectivity index (χ2n) is 7.40. The van der Waals surface area contributed by atoms with E-state index in [4.69, 9.17) is 9.15 Å². The van der Waals surface area contributed by atoms with Crippen LogP contribution >= 0.6 is 0 Å². The lowest BCUT2D eigenvalue weighted by Gasteiger charge is -2.28. The van der Waals surface area contributed by atoms with Crippen molar-refractivity contribution in [3.63, 3.8) is 0 Å². The third-order valence-electron chi connectivity index (χ3n) is 5.19. The van der Waals surface area contributed by atoms with Crippen LogP contribution in [-0.2, 0) is 30.7 Å². The van der Waals surface area contributed by atoms with Crippen LogP contribution in [-0.4, -0.2) is 60.5 Å².